The van der Waals surface area contributed by atoms with Gasteiger partial charge >= 0.3 is 5.97 Å². The molecule has 0 aromatic heterocycles. The number of para-hydroxylation sites is 2. The number of hydrogen-bond acceptors (Lipinski definition) is 5. The summed E-state index contributed by atoms with van der Waals surface area (Å²) in [4.78, 5) is 13.2. The molecule has 0 saturated carbocycles. The van der Waals surface area contributed by atoms with Crippen molar-refractivity contribution in [2.45, 2.75) is 13.0 Å². The number of carbonyl (C=O) groups is 1. The summed E-state index contributed by atoms with van der Waals surface area (Å²) >= 11 is 1.69. The van der Waals surface area contributed by atoms with Crippen LogP contribution in [0.1, 0.15) is 6.92 Å². The van der Waals surface area contributed by atoms with Crippen LogP contribution in [0, 0.1) is 0 Å². The highest BCUT2D eigenvalue weighted by atomic mass is 32.2. The van der Waals surface area contributed by atoms with Crippen LogP contribution in [0.15, 0.2) is 24.3 Å². The first-order valence-electron chi connectivity index (χ1n) is 7.11. The molecular weight excluding hydrogens is 290 g/mol. The van der Waals surface area contributed by atoms with Crippen molar-refractivity contribution in [1.29, 1.82) is 0 Å². The van der Waals surface area contributed by atoms with Crippen LogP contribution in [-0.2, 0) is 4.79 Å². The second-order valence-electron chi connectivity index (χ2n) is 4.69. The number of rotatable bonds is 7. The molecule has 0 amide bonds. The van der Waals surface area contributed by atoms with Gasteiger partial charge in [-0.1, -0.05) is 12.1 Å². The smallest absolute Gasteiger partial charge is 0.321 e. The van der Waals surface area contributed by atoms with Gasteiger partial charge < -0.3 is 14.6 Å². The summed E-state index contributed by atoms with van der Waals surface area (Å²) in [5.74, 6) is 2.29. The highest BCUT2D eigenvalue weighted by Crippen LogP contribution is 2.26. The van der Waals surface area contributed by atoms with E-state index >= 15 is 0 Å². The van der Waals surface area contributed by atoms with Crippen molar-refractivity contribution in [3.8, 4) is 11.5 Å². The van der Waals surface area contributed by atoms with E-state index in [4.69, 9.17) is 9.47 Å². The van der Waals surface area contributed by atoms with E-state index in [0.29, 0.717) is 31.3 Å². The Morgan fingerprint density at radius 3 is 2.76 bits per heavy atom. The Bertz CT molecular complexity index is 469. The van der Waals surface area contributed by atoms with Crippen LogP contribution in [0.5, 0.6) is 11.5 Å². The third kappa shape index (κ3) is 4.54. The van der Waals surface area contributed by atoms with Crippen molar-refractivity contribution >= 4 is 17.7 Å². The van der Waals surface area contributed by atoms with Crippen LogP contribution < -0.4 is 9.47 Å². The Labute approximate surface area is 129 Å². The fourth-order valence-electron chi connectivity index (χ4n) is 2.25. The van der Waals surface area contributed by atoms with Gasteiger partial charge in [0.1, 0.15) is 12.6 Å². The Balaban J connectivity index is 1.87. The average Bonchev–Trinajstić information content (AvgIpc) is 2.49. The number of thioether (sulfide) groups is 1. The molecule has 0 spiro atoms. The first kappa shape index (κ1) is 16.0. The lowest BCUT2D eigenvalue weighted by Gasteiger charge is -2.32. The predicted octanol–water partition coefficient (Wildman–Crippen LogP) is 1.97. The van der Waals surface area contributed by atoms with Gasteiger partial charge in [-0.05, 0) is 19.1 Å². The molecule has 1 aromatic carbocycles. The van der Waals surface area contributed by atoms with Crippen LogP contribution in [-0.4, -0.2) is 59.8 Å². The lowest BCUT2D eigenvalue weighted by Crippen LogP contribution is -2.48. The zero-order valence-corrected chi connectivity index (χ0v) is 13.0. The standard InChI is InChI=1S/C15H21NO4S/c1-2-19-13-5-3-4-6-14(13)20-9-7-16-8-10-21-11-12(16)15(17)18/h3-6,12H,2,7-11H2,1H3,(H,17,18). The molecule has 1 unspecified atom stereocenters. The summed E-state index contributed by atoms with van der Waals surface area (Å²) in [5.41, 5.74) is 0. The van der Waals surface area contributed by atoms with Gasteiger partial charge in [0.25, 0.3) is 0 Å². The molecule has 6 heteroatoms. The summed E-state index contributed by atoms with van der Waals surface area (Å²) in [6.07, 6.45) is 0. The Kier molecular flexibility index (Phi) is 6.20. The molecule has 1 aliphatic rings. The zero-order valence-electron chi connectivity index (χ0n) is 12.2. The summed E-state index contributed by atoms with van der Waals surface area (Å²) in [5, 5.41) is 9.22. The monoisotopic (exact) mass is 311 g/mol. The average molecular weight is 311 g/mol. The van der Waals surface area contributed by atoms with Crippen molar-refractivity contribution in [2.24, 2.45) is 0 Å². The van der Waals surface area contributed by atoms with Crippen LogP contribution in [0.3, 0.4) is 0 Å². The number of hydrogen-bond donors (Lipinski definition) is 1. The molecular formula is C15H21NO4S. The van der Waals surface area contributed by atoms with Gasteiger partial charge in [-0.2, -0.15) is 11.8 Å². The van der Waals surface area contributed by atoms with Gasteiger partial charge in [0.15, 0.2) is 11.5 Å². The molecule has 1 aromatic rings. The van der Waals surface area contributed by atoms with Crippen molar-refractivity contribution in [3.63, 3.8) is 0 Å². The van der Waals surface area contributed by atoms with Gasteiger partial charge in [-0.15, -0.1) is 0 Å². The lowest BCUT2D eigenvalue weighted by molar-refractivity contribution is -0.142. The molecule has 116 valence electrons. The van der Waals surface area contributed by atoms with Crippen LogP contribution in [0.4, 0.5) is 0 Å². The first-order chi connectivity index (χ1) is 10.2. The summed E-state index contributed by atoms with van der Waals surface area (Å²) in [7, 11) is 0. The third-order valence-corrected chi connectivity index (χ3v) is 4.33. The van der Waals surface area contributed by atoms with E-state index in [-0.39, 0.29) is 0 Å². The molecule has 2 rings (SSSR count). The van der Waals surface area contributed by atoms with Gasteiger partial charge in [0.2, 0.25) is 0 Å². The van der Waals surface area contributed by atoms with Crippen molar-refractivity contribution in [3.05, 3.63) is 24.3 Å². The molecule has 0 bridgehead atoms. The van der Waals surface area contributed by atoms with Crippen molar-refractivity contribution in [2.75, 3.05) is 37.8 Å². The fourth-order valence-corrected chi connectivity index (χ4v) is 3.36. The number of aliphatic carboxylic acids is 1. The topological polar surface area (TPSA) is 59.0 Å². The van der Waals surface area contributed by atoms with Gasteiger partial charge in [0.05, 0.1) is 6.61 Å². The van der Waals surface area contributed by atoms with Crippen LogP contribution in [0.2, 0.25) is 0 Å². The van der Waals surface area contributed by atoms with Crippen molar-refractivity contribution < 1.29 is 19.4 Å². The van der Waals surface area contributed by atoms with Crippen molar-refractivity contribution in [1.82, 2.24) is 4.90 Å². The normalized spacial score (nSPS) is 19.2. The van der Waals surface area contributed by atoms with E-state index in [1.807, 2.05) is 36.1 Å². The molecule has 1 saturated heterocycles. The predicted molar refractivity (Wildman–Crippen MR) is 83.4 cm³/mol. The molecule has 1 fully saturated rings. The van der Waals surface area contributed by atoms with Gasteiger partial charge in [-0.3, -0.25) is 9.69 Å². The molecule has 1 heterocycles. The third-order valence-electron chi connectivity index (χ3n) is 3.31. The highest BCUT2D eigenvalue weighted by Gasteiger charge is 2.28. The van der Waals surface area contributed by atoms with E-state index in [1.54, 1.807) is 11.8 Å². The fraction of sp³-hybridized carbons (Fsp3) is 0.533. The maximum atomic E-state index is 11.2. The second-order valence-corrected chi connectivity index (χ2v) is 5.84. The SMILES string of the molecule is CCOc1ccccc1OCCN1CCSCC1C(=O)O. The maximum absolute atomic E-state index is 11.2. The van der Waals surface area contributed by atoms with Crippen LogP contribution >= 0.6 is 11.8 Å². The molecule has 0 radical (unpaired) electrons. The summed E-state index contributed by atoms with van der Waals surface area (Å²) < 4.78 is 11.3. The molecule has 1 atom stereocenters. The first-order valence-corrected chi connectivity index (χ1v) is 8.27. The number of ether oxygens (including phenoxy) is 2. The number of carboxylic acid groups (broad SMARTS) is 1. The summed E-state index contributed by atoms with van der Waals surface area (Å²) in [6, 6.07) is 7.13. The molecule has 21 heavy (non-hydrogen) atoms. The Hall–Kier alpha value is -1.40. The minimum atomic E-state index is -0.753. The largest absolute Gasteiger partial charge is 0.490 e. The molecule has 1 N–H and O–H groups in total. The van der Waals surface area contributed by atoms with Crippen LogP contribution in [0.25, 0.3) is 0 Å². The maximum Gasteiger partial charge on any atom is 0.321 e. The quantitative estimate of drug-likeness (QED) is 0.831. The minimum absolute atomic E-state index is 0.408. The number of benzene rings is 1. The Morgan fingerprint density at radius 2 is 2.10 bits per heavy atom. The minimum Gasteiger partial charge on any atom is -0.490 e. The van der Waals surface area contributed by atoms with E-state index in [2.05, 4.69) is 0 Å². The number of carboxylic acids is 1. The summed E-state index contributed by atoms with van der Waals surface area (Å²) in [6.45, 7) is 4.37. The highest BCUT2D eigenvalue weighted by molar-refractivity contribution is 7.99. The van der Waals surface area contributed by atoms with E-state index < -0.39 is 12.0 Å². The molecule has 5 nitrogen and oxygen atoms in total. The van der Waals surface area contributed by atoms with E-state index in [9.17, 15) is 9.90 Å². The van der Waals surface area contributed by atoms with Gasteiger partial charge in [-0.25, -0.2) is 0 Å². The molecule has 0 aliphatic carbocycles. The molecule has 1 aliphatic heterocycles. The van der Waals surface area contributed by atoms with Gasteiger partial charge in [0, 0.05) is 24.6 Å². The second kappa shape index (κ2) is 8.14. The zero-order chi connectivity index (χ0) is 15.1. The van der Waals surface area contributed by atoms with E-state index in [1.165, 1.54) is 0 Å². The number of nitrogens with zero attached hydrogens (tertiary/aromatic N) is 1. The van der Waals surface area contributed by atoms with E-state index in [0.717, 1.165) is 18.0 Å². The lowest BCUT2D eigenvalue weighted by atomic mass is 10.2. The Morgan fingerprint density at radius 1 is 1.38 bits per heavy atom.